The summed E-state index contributed by atoms with van der Waals surface area (Å²) in [6.45, 7) is 0. The van der Waals surface area contributed by atoms with Crippen LogP contribution < -0.4 is 5.32 Å². The minimum absolute atomic E-state index is 0.292. The van der Waals surface area contributed by atoms with Gasteiger partial charge in [0.2, 0.25) is 5.91 Å². The van der Waals surface area contributed by atoms with Gasteiger partial charge in [0, 0.05) is 12.5 Å². The molecule has 1 unspecified atom stereocenters. The number of nitrogens with one attached hydrogen (secondary N) is 1. The Kier molecular flexibility index (Phi) is 4.44. The first-order chi connectivity index (χ1) is 10.4. The number of ketones is 1. The summed E-state index contributed by atoms with van der Waals surface area (Å²) in [4.78, 5) is 44.2. The maximum Gasteiger partial charge on any atom is 0.356 e. The van der Waals surface area contributed by atoms with Crippen LogP contribution in [0.25, 0.3) is 0 Å². The average Bonchev–Trinajstić information content (AvgIpc) is 2.70. The molecule has 9 nitrogen and oxygen atoms in total. The molecule has 1 amide bonds. The van der Waals surface area contributed by atoms with Crippen molar-refractivity contribution in [2.75, 3.05) is 0 Å². The fourth-order valence-corrected chi connectivity index (χ4v) is 2.43. The molecular formula is C13H13N3O6. The van der Waals surface area contributed by atoms with E-state index in [1.165, 1.54) is 12.1 Å². The molecule has 2 rings (SSSR count). The van der Waals surface area contributed by atoms with Gasteiger partial charge in [-0.1, -0.05) is 12.5 Å². The monoisotopic (exact) mass is 307 g/mol. The molecule has 1 N–H and O–H groups in total. The highest BCUT2D eigenvalue weighted by Crippen LogP contribution is 2.31. The third-order valence-electron chi connectivity index (χ3n) is 3.46. The Bertz CT molecular complexity index is 657. The van der Waals surface area contributed by atoms with Crippen LogP contribution in [0.5, 0.6) is 0 Å². The van der Waals surface area contributed by atoms with Gasteiger partial charge in [0.1, 0.15) is 5.56 Å². The Labute approximate surface area is 124 Å². The molecule has 0 bridgehead atoms. The first-order valence-electron chi connectivity index (χ1n) is 6.67. The zero-order valence-corrected chi connectivity index (χ0v) is 11.5. The number of nitro groups is 2. The van der Waals surface area contributed by atoms with Crippen molar-refractivity contribution >= 4 is 23.1 Å². The molecule has 1 saturated heterocycles. The molecule has 0 aromatic heterocycles. The van der Waals surface area contributed by atoms with Crippen molar-refractivity contribution in [3.8, 4) is 0 Å². The van der Waals surface area contributed by atoms with Crippen LogP contribution in [0.2, 0.25) is 0 Å². The van der Waals surface area contributed by atoms with E-state index in [4.69, 9.17) is 0 Å². The molecule has 1 aromatic rings. The van der Waals surface area contributed by atoms with Crippen LogP contribution in [0.3, 0.4) is 0 Å². The normalized spacial score (nSPS) is 18.2. The first-order valence-corrected chi connectivity index (χ1v) is 6.67. The molecule has 116 valence electrons. The van der Waals surface area contributed by atoms with Gasteiger partial charge in [0.05, 0.1) is 15.9 Å². The van der Waals surface area contributed by atoms with Crippen molar-refractivity contribution in [3.05, 3.63) is 44.0 Å². The third kappa shape index (κ3) is 3.08. The van der Waals surface area contributed by atoms with E-state index in [0.717, 1.165) is 6.07 Å². The van der Waals surface area contributed by atoms with Crippen LogP contribution in [0.15, 0.2) is 18.2 Å². The van der Waals surface area contributed by atoms with Gasteiger partial charge >= 0.3 is 11.4 Å². The molecule has 0 aliphatic carbocycles. The van der Waals surface area contributed by atoms with Crippen LogP contribution in [0.4, 0.5) is 11.4 Å². The van der Waals surface area contributed by atoms with Crippen LogP contribution in [0, 0.1) is 20.2 Å². The third-order valence-corrected chi connectivity index (χ3v) is 3.46. The zero-order valence-electron chi connectivity index (χ0n) is 11.5. The fourth-order valence-electron chi connectivity index (χ4n) is 2.43. The maximum absolute atomic E-state index is 12.5. The summed E-state index contributed by atoms with van der Waals surface area (Å²) in [6, 6.07) is 2.47. The van der Waals surface area contributed by atoms with Gasteiger partial charge in [0.15, 0.2) is 5.78 Å². The van der Waals surface area contributed by atoms with Crippen LogP contribution >= 0.6 is 0 Å². The lowest BCUT2D eigenvalue weighted by atomic mass is 9.98. The van der Waals surface area contributed by atoms with E-state index < -0.39 is 33.0 Å². The van der Waals surface area contributed by atoms with E-state index in [2.05, 4.69) is 5.32 Å². The number of Topliss-reactive ketones (excluding diaryl/α,β-unsaturated/α-hetero) is 1. The SMILES string of the molecule is O=C1CCCCC(C(=O)c2cccc([N+](=O)[O-])c2[N+](=O)[O-])N1. The summed E-state index contributed by atoms with van der Waals surface area (Å²) in [5.74, 6) is -0.977. The predicted octanol–water partition coefficient (Wildman–Crippen LogP) is 1.74. The molecule has 1 heterocycles. The van der Waals surface area contributed by atoms with Crippen molar-refractivity contribution in [2.45, 2.75) is 31.7 Å². The summed E-state index contributed by atoms with van der Waals surface area (Å²) in [6.07, 6.45) is 1.90. The van der Waals surface area contributed by atoms with Gasteiger partial charge in [-0.2, -0.15) is 0 Å². The highest BCUT2D eigenvalue weighted by molar-refractivity contribution is 6.06. The molecule has 1 aliphatic heterocycles. The quantitative estimate of drug-likeness (QED) is 0.511. The molecule has 0 spiro atoms. The van der Waals surface area contributed by atoms with Gasteiger partial charge in [-0.25, -0.2) is 0 Å². The van der Waals surface area contributed by atoms with E-state index >= 15 is 0 Å². The number of carbonyl (C=O) groups excluding carboxylic acids is 2. The Balaban J connectivity index is 2.45. The second-order valence-corrected chi connectivity index (χ2v) is 4.92. The highest BCUT2D eigenvalue weighted by Gasteiger charge is 2.35. The van der Waals surface area contributed by atoms with Crippen LogP contribution in [-0.4, -0.2) is 27.6 Å². The second kappa shape index (κ2) is 6.29. The number of para-hydroxylation sites is 1. The largest absolute Gasteiger partial charge is 0.356 e. The molecule has 22 heavy (non-hydrogen) atoms. The van der Waals surface area contributed by atoms with E-state index in [9.17, 15) is 29.8 Å². The molecule has 1 atom stereocenters. The minimum atomic E-state index is -0.941. The summed E-state index contributed by atoms with van der Waals surface area (Å²) in [5.41, 5.74) is -1.93. The molecule has 1 fully saturated rings. The Hall–Kier alpha value is -2.84. The topological polar surface area (TPSA) is 132 Å². The fraction of sp³-hybridized carbons (Fsp3) is 0.385. The lowest BCUT2D eigenvalue weighted by Crippen LogP contribution is -2.39. The Morgan fingerprint density at radius 3 is 2.55 bits per heavy atom. The van der Waals surface area contributed by atoms with Gasteiger partial charge in [-0.3, -0.25) is 29.8 Å². The number of nitro benzene ring substituents is 2. The number of hydrogen-bond donors (Lipinski definition) is 1. The Morgan fingerprint density at radius 1 is 1.18 bits per heavy atom. The lowest BCUT2D eigenvalue weighted by Gasteiger charge is -2.14. The van der Waals surface area contributed by atoms with Gasteiger partial charge in [-0.15, -0.1) is 0 Å². The van der Waals surface area contributed by atoms with E-state index in [1.807, 2.05) is 0 Å². The van der Waals surface area contributed by atoms with Crippen molar-refractivity contribution in [2.24, 2.45) is 0 Å². The number of amides is 1. The number of carbonyl (C=O) groups is 2. The standard InChI is InChI=1S/C13H13N3O6/c17-11-7-2-1-5-9(14-11)13(18)8-4-3-6-10(15(19)20)12(8)16(21)22/h3-4,6,9H,1-2,5,7H2,(H,14,17). The summed E-state index contributed by atoms with van der Waals surface area (Å²) in [7, 11) is 0. The molecule has 1 aromatic carbocycles. The van der Waals surface area contributed by atoms with Crippen molar-refractivity contribution < 1.29 is 19.4 Å². The molecular weight excluding hydrogens is 294 g/mol. The summed E-state index contributed by atoms with van der Waals surface area (Å²) >= 11 is 0. The number of nitrogens with zero attached hydrogens (tertiary/aromatic N) is 2. The van der Waals surface area contributed by atoms with Crippen LogP contribution in [0.1, 0.15) is 36.0 Å². The number of hydrogen-bond acceptors (Lipinski definition) is 6. The van der Waals surface area contributed by atoms with Gasteiger partial charge in [0.25, 0.3) is 0 Å². The number of benzene rings is 1. The first kappa shape index (κ1) is 15.5. The molecule has 1 aliphatic rings. The van der Waals surface area contributed by atoms with Gasteiger partial charge < -0.3 is 5.32 Å². The zero-order chi connectivity index (χ0) is 16.3. The second-order valence-electron chi connectivity index (χ2n) is 4.92. The molecule has 0 saturated carbocycles. The van der Waals surface area contributed by atoms with E-state index in [-0.39, 0.29) is 11.5 Å². The van der Waals surface area contributed by atoms with Crippen molar-refractivity contribution in [1.82, 2.24) is 5.32 Å². The summed E-state index contributed by atoms with van der Waals surface area (Å²) < 4.78 is 0. The lowest BCUT2D eigenvalue weighted by molar-refractivity contribution is -0.422. The smallest absolute Gasteiger partial charge is 0.346 e. The molecule has 9 heteroatoms. The van der Waals surface area contributed by atoms with Gasteiger partial charge in [-0.05, 0) is 18.9 Å². The maximum atomic E-state index is 12.5. The summed E-state index contributed by atoms with van der Waals surface area (Å²) in [5, 5.41) is 24.5. The average molecular weight is 307 g/mol. The minimum Gasteiger partial charge on any atom is -0.346 e. The van der Waals surface area contributed by atoms with Crippen molar-refractivity contribution in [3.63, 3.8) is 0 Å². The van der Waals surface area contributed by atoms with E-state index in [1.54, 1.807) is 0 Å². The number of rotatable bonds is 4. The molecule has 0 radical (unpaired) electrons. The van der Waals surface area contributed by atoms with Crippen molar-refractivity contribution in [1.29, 1.82) is 0 Å². The van der Waals surface area contributed by atoms with E-state index in [0.29, 0.717) is 25.7 Å². The van der Waals surface area contributed by atoms with Crippen LogP contribution in [-0.2, 0) is 4.79 Å². The predicted molar refractivity (Wildman–Crippen MR) is 74.5 cm³/mol. The highest BCUT2D eigenvalue weighted by atomic mass is 16.6. The Morgan fingerprint density at radius 2 is 1.91 bits per heavy atom.